The summed E-state index contributed by atoms with van der Waals surface area (Å²) in [4.78, 5) is 4.41. The molecule has 0 radical (unpaired) electrons. The van der Waals surface area contributed by atoms with Crippen molar-refractivity contribution in [1.29, 1.82) is 0 Å². The van der Waals surface area contributed by atoms with E-state index in [2.05, 4.69) is 4.98 Å². The fraction of sp³-hybridized carbons (Fsp3) is 0.0625. The molecule has 112 valence electrons. The third kappa shape index (κ3) is 2.99. The third-order valence-electron chi connectivity index (χ3n) is 3.17. The molecule has 1 aromatic carbocycles. The molecule has 0 atom stereocenters. The molecule has 0 N–H and O–H groups in total. The average molecular weight is 323 g/mol. The van der Waals surface area contributed by atoms with Gasteiger partial charge in [-0.3, -0.25) is 4.57 Å². The predicted octanol–water partition coefficient (Wildman–Crippen LogP) is 5.40. The van der Waals surface area contributed by atoms with E-state index in [0.717, 1.165) is 4.57 Å². The van der Waals surface area contributed by atoms with Crippen LogP contribution in [0.4, 0.5) is 13.2 Å². The molecule has 3 rings (SSSR count). The van der Waals surface area contributed by atoms with Gasteiger partial charge in [0.25, 0.3) is 0 Å². The smallest absolute Gasteiger partial charge is 0.298 e. The van der Waals surface area contributed by atoms with Crippen molar-refractivity contribution in [3.8, 4) is 22.5 Å². The lowest BCUT2D eigenvalue weighted by atomic mass is 10.1. The molecule has 0 unspecified atom stereocenters. The molecule has 0 aliphatic rings. The lowest BCUT2D eigenvalue weighted by molar-refractivity contribution is 0.0707. The number of rotatable bonds is 3. The van der Waals surface area contributed by atoms with Gasteiger partial charge in [0.15, 0.2) is 0 Å². The molecule has 0 saturated heterocycles. The molecule has 0 spiro atoms. The minimum absolute atomic E-state index is 0.347. The molecule has 0 fully saturated rings. The van der Waals surface area contributed by atoms with Crippen LogP contribution >= 0.6 is 11.6 Å². The summed E-state index contributed by atoms with van der Waals surface area (Å²) in [5.41, 5.74) is 2.25. The fourth-order valence-electron chi connectivity index (χ4n) is 2.10. The second-order valence-electron chi connectivity index (χ2n) is 4.69. The Morgan fingerprint density at radius 2 is 1.59 bits per heavy atom. The maximum absolute atomic E-state index is 13.0. The summed E-state index contributed by atoms with van der Waals surface area (Å²) >= 11 is 6.08. The Kier molecular flexibility index (Phi) is 3.90. The van der Waals surface area contributed by atoms with Crippen LogP contribution in [0.3, 0.4) is 0 Å². The molecule has 2 heterocycles. The van der Waals surface area contributed by atoms with E-state index in [9.17, 15) is 13.2 Å². The van der Waals surface area contributed by atoms with E-state index in [0.29, 0.717) is 27.5 Å². The van der Waals surface area contributed by atoms with Crippen molar-refractivity contribution < 1.29 is 13.2 Å². The number of benzene rings is 1. The monoisotopic (exact) mass is 322 g/mol. The van der Waals surface area contributed by atoms with E-state index in [-0.39, 0.29) is 5.82 Å². The van der Waals surface area contributed by atoms with Gasteiger partial charge in [0, 0.05) is 28.5 Å². The maximum atomic E-state index is 13.0. The minimum atomic E-state index is -2.61. The van der Waals surface area contributed by atoms with Gasteiger partial charge in [-0.2, -0.15) is 8.78 Å². The highest BCUT2D eigenvalue weighted by atomic mass is 35.5. The van der Waals surface area contributed by atoms with Crippen molar-refractivity contribution >= 4 is 11.6 Å². The Morgan fingerprint density at radius 1 is 0.955 bits per heavy atom. The van der Waals surface area contributed by atoms with E-state index in [4.69, 9.17) is 11.6 Å². The van der Waals surface area contributed by atoms with Crippen molar-refractivity contribution in [3.63, 3.8) is 0 Å². The van der Waals surface area contributed by atoms with Crippen molar-refractivity contribution in [2.75, 3.05) is 0 Å². The van der Waals surface area contributed by atoms with Gasteiger partial charge in [-0.05, 0) is 42.5 Å². The van der Waals surface area contributed by atoms with Crippen LogP contribution in [-0.4, -0.2) is 9.55 Å². The number of halogens is 4. The van der Waals surface area contributed by atoms with Crippen LogP contribution in [0, 0.1) is 5.82 Å². The van der Waals surface area contributed by atoms with Gasteiger partial charge in [0.2, 0.25) is 0 Å². The van der Waals surface area contributed by atoms with E-state index < -0.39 is 6.55 Å². The van der Waals surface area contributed by atoms with Crippen LogP contribution in [0.15, 0.2) is 54.9 Å². The zero-order valence-corrected chi connectivity index (χ0v) is 11.9. The zero-order valence-electron chi connectivity index (χ0n) is 11.2. The summed E-state index contributed by atoms with van der Waals surface area (Å²) in [5, 5.41) is 0.425. The average Bonchev–Trinajstić information content (AvgIpc) is 2.97. The highest BCUT2D eigenvalue weighted by Crippen LogP contribution is 2.28. The number of nitrogens with zero attached hydrogens (tertiary/aromatic N) is 2. The highest BCUT2D eigenvalue weighted by Gasteiger charge is 2.10. The van der Waals surface area contributed by atoms with Crippen molar-refractivity contribution in [2.24, 2.45) is 0 Å². The van der Waals surface area contributed by atoms with E-state index in [1.807, 2.05) is 0 Å². The minimum Gasteiger partial charge on any atom is -0.298 e. The lowest BCUT2D eigenvalue weighted by Crippen LogP contribution is -1.92. The maximum Gasteiger partial charge on any atom is 0.318 e. The molecule has 0 bridgehead atoms. The first-order chi connectivity index (χ1) is 10.5. The summed E-state index contributed by atoms with van der Waals surface area (Å²) in [5.74, 6) is -0.347. The predicted molar refractivity (Wildman–Crippen MR) is 79.3 cm³/mol. The quantitative estimate of drug-likeness (QED) is 0.631. The van der Waals surface area contributed by atoms with E-state index in [1.54, 1.807) is 30.3 Å². The summed E-state index contributed by atoms with van der Waals surface area (Å²) < 4.78 is 39.0. The van der Waals surface area contributed by atoms with E-state index in [1.165, 1.54) is 24.5 Å². The SMILES string of the molecule is Fc1ccc(-c2cc(Cl)cc(-c3ccn(C(F)F)c3)n2)cc1. The molecule has 22 heavy (non-hydrogen) atoms. The number of hydrogen-bond donors (Lipinski definition) is 0. The van der Waals surface area contributed by atoms with Crippen LogP contribution in [0.1, 0.15) is 6.55 Å². The number of pyridine rings is 1. The van der Waals surface area contributed by atoms with Gasteiger partial charge >= 0.3 is 6.55 Å². The Morgan fingerprint density at radius 3 is 2.18 bits per heavy atom. The van der Waals surface area contributed by atoms with Gasteiger partial charge in [0.1, 0.15) is 5.82 Å². The molecule has 2 nitrogen and oxygen atoms in total. The summed E-state index contributed by atoms with van der Waals surface area (Å²) in [7, 11) is 0. The molecule has 0 saturated carbocycles. The van der Waals surface area contributed by atoms with Gasteiger partial charge in [-0.1, -0.05) is 11.6 Å². The Hall–Kier alpha value is -2.27. The molecule has 3 aromatic rings. The van der Waals surface area contributed by atoms with E-state index >= 15 is 0 Å². The Labute approximate surface area is 129 Å². The molecular weight excluding hydrogens is 313 g/mol. The fourth-order valence-corrected chi connectivity index (χ4v) is 2.31. The first kappa shape index (κ1) is 14.7. The van der Waals surface area contributed by atoms with Crippen molar-refractivity contribution in [3.05, 3.63) is 65.7 Å². The van der Waals surface area contributed by atoms with Crippen LogP contribution in [-0.2, 0) is 0 Å². The Balaban J connectivity index is 2.04. The summed E-state index contributed by atoms with van der Waals surface area (Å²) in [6.07, 6.45) is 2.58. The van der Waals surface area contributed by atoms with Gasteiger partial charge < -0.3 is 0 Å². The van der Waals surface area contributed by atoms with Gasteiger partial charge in [-0.15, -0.1) is 0 Å². The normalized spacial score (nSPS) is 11.1. The highest BCUT2D eigenvalue weighted by molar-refractivity contribution is 6.31. The number of alkyl halides is 2. The molecule has 0 aliphatic carbocycles. The first-order valence-corrected chi connectivity index (χ1v) is 6.80. The summed E-state index contributed by atoms with van der Waals surface area (Å²) in [6.45, 7) is -2.61. The summed E-state index contributed by atoms with van der Waals surface area (Å²) in [6, 6.07) is 10.6. The largest absolute Gasteiger partial charge is 0.318 e. The second kappa shape index (κ2) is 5.85. The van der Waals surface area contributed by atoms with Crippen LogP contribution in [0.25, 0.3) is 22.5 Å². The van der Waals surface area contributed by atoms with Crippen molar-refractivity contribution in [1.82, 2.24) is 9.55 Å². The van der Waals surface area contributed by atoms with Crippen LogP contribution in [0.5, 0.6) is 0 Å². The topological polar surface area (TPSA) is 17.8 Å². The molecule has 0 amide bonds. The molecular formula is C16H10ClF3N2. The lowest BCUT2D eigenvalue weighted by Gasteiger charge is -2.05. The molecule has 2 aromatic heterocycles. The molecule has 0 aliphatic heterocycles. The van der Waals surface area contributed by atoms with Gasteiger partial charge in [-0.25, -0.2) is 9.37 Å². The number of hydrogen-bond acceptors (Lipinski definition) is 1. The van der Waals surface area contributed by atoms with Gasteiger partial charge in [0.05, 0.1) is 11.4 Å². The zero-order chi connectivity index (χ0) is 15.7. The third-order valence-corrected chi connectivity index (χ3v) is 3.38. The van der Waals surface area contributed by atoms with Crippen LogP contribution in [0.2, 0.25) is 5.02 Å². The molecule has 6 heteroatoms. The first-order valence-electron chi connectivity index (χ1n) is 6.42. The number of aromatic nitrogens is 2. The Bertz CT molecular complexity index is 797. The second-order valence-corrected chi connectivity index (χ2v) is 5.12. The van der Waals surface area contributed by atoms with Crippen LogP contribution < -0.4 is 0 Å². The van der Waals surface area contributed by atoms with Crippen molar-refractivity contribution in [2.45, 2.75) is 6.55 Å². The standard InChI is InChI=1S/C16H10ClF3N2/c17-12-7-14(10-1-3-13(18)4-2-10)21-15(8-12)11-5-6-22(9-11)16(19)20/h1-9,16H.